The lowest BCUT2D eigenvalue weighted by Gasteiger charge is -2.22. The topological polar surface area (TPSA) is 63.3 Å². The summed E-state index contributed by atoms with van der Waals surface area (Å²) in [6.45, 7) is 9.05. The van der Waals surface area contributed by atoms with Crippen LogP contribution in [0.25, 0.3) is 33.3 Å². The number of aromatic hydroxyl groups is 1. The molecule has 2 aromatic heterocycles. The molecule has 0 unspecified atom stereocenters. The molecule has 0 aliphatic carbocycles. The van der Waals surface area contributed by atoms with Gasteiger partial charge in [-0.25, -0.2) is 4.98 Å². The van der Waals surface area contributed by atoms with Crippen LogP contribution in [-0.4, -0.2) is 43.8 Å². The van der Waals surface area contributed by atoms with Crippen LogP contribution in [-0.2, 0) is 19.5 Å². The highest BCUT2D eigenvalue weighted by molar-refractivity contribution is 5.92. The number of fused-ring (bicyclic) bond motifs is 6. The van der Waals surface area contributed by atoms with Crippen molar-refractivity contribution in [1.29, 1.82) is 0 Å². The molecule has 0 bridgehead atoms. The van der Waals surface area contributed by atoms with E-state index in [1.807, 2.05) is 0 Å². The molecule has 0 saturated heterocycles. The van der Waals surface area contributed by atoms with E-state index in [0.717, 1.165) is 50.5 Å². The Morgan fingerprint density at radius 1 is 1.09 bits per heavy atom. The third-order valence-electron chi connectivity index (χ3n) is 6.56. The summed E-state index contributed by atoms with van der Waals surface area (Å²) in [6.07, 6.45) is 1.84. The second-order valence-corrected chi connectivity index (χ2v) is 8.22. The fourth-order valence-electron chi connectivity index (χ4n) is 4.93. The van der Waals surface area contributed by atoms with E-state index >= 15 is 0 Å². The van der Waals surface area contributed by atoms with Gasteiger partial charge in [-0.1, -0.05) is 32.0 Å². The molecule has 0 spiro atoms. The molecule has 32 heavy (non-hydrogen) atoms. The molecular formula is C25H29ClN4O2. The summed E-state index contributed by atoms with van der Waals surface area (Å²) in [6, 6.07) is 13.4. The van der Waals surface area contributed by atoms with Crippen LogP contribution in [0.4, 0.5) is 0 Å². The Morgan fingerprint density at radius 3 is 2.66 bits per heavy atom. The highest BCUT2D eigenvalue weighted by Gasteiger charge is 2.27. The van der Waals surface area contributed by atoms with Crippen molar-refractivity contribution in [3.05, 3.63) is 58.4 Å². The first kappa shape index (κ1) is 22.4. The Balaban J connectivity index is 0.00000245. The van der Waals surface area contributed by atoms with Gasteiger partial charge in [-0.2, -0.15) is 0 Å². The zero-order valence-electron chi connectivity index (χ0n) is 18.5. The lowest BCUT2D eigenvalue weighted by Crippen LogP contribution is -2.28. The van der Waals surface area contributed by atoms with Crippen molar-refractivity contribution in [3.63, 3.8) is 0 Å². The van der Waals surface area contributed by atoms with Gasteiger partial charge in [0, 0.05) is 24.0 Å². The van der Waals surface area contributed by atoms with E-state index in [9.17, 15) is 9.90 Å². The minimum absolute atomic E-state index is 0. The van der Waals surface area contributed by atoms with E-state index in [2.05, 4.69) is 47.6 Å². The van der Waals surface area contributed by atoms with Crippen molar-refractivity contribution >= 4 is 34.2 Å². The lowest BCUT2D eigenvalue weighted by atomic mass is 10.0. The SMILES string of the molecule is CCN(CC)CCCn1c2c(c3ccccc31)CCn1c-2nc2ccc(O)cc2c1=O.Cl. The minimum atomic E-state index is -0.0819. The molecule has 0 atom stereocenters. The van der Waals surface area contributed by atoms with E-state index in [4.69, 9.17) is 4.98 Å². The lowest BCUT2D eigenvalue weighted by molar-refractivity contribution is 0.294. The second-order valence-electron chi connectivity index (χ2n) is 8.22. The number of aryl methyl sites for hydroxylation is 2. The summed E-state index contributed by atoms with van der Waals surface area (Å²) < 4.78 is 4.14. The number of benzene rings is 2. The number of halogens is 1. The smallest absolute Gasteiger partial charge is 0.261 e. The number of nitrogens with zero attached hydrogens (tertiary/aromatic N) is 4. The van der Waals surface area contributed by atoms with Gasteiger partial charge in [0.05, 0.1) is 16.6 Å². The predicted octanol–water partition coefficient (Wildman–Crippen LogP) is 4.43. The maximum atomic E-state index is 13.2. The fourth-order valence-corrected chi connectivity index (χ4v) is 4.93. The molecule has 0 saturated carbocycles. The van der Waals surface area contributed by atoms with Crippen LogP contribution in [0.3, 0.4) is 0 Å². The van der Waals surface area contributed by atoms with Crippen molar-refractivity contribution < 1.29 is 5.11 Å². The van der Waals surface area contributed by atoms with E-state index < -0.39 is 0 Å². The van der Waals surface area contributed by atoms with Gasteiger partial charge in [-0.05, 0) is 62.3 Å². The highest BCUT2D eigenvalue weighted by atomic mass is 35.5. The van der Waals surface area contributed by atoms with Crippen LogP contribution in [0.2, 0.25) is 0 Å². The van der Waals surface area contributed by atoms with Gasteiger partial charge in [-0.3, -0.25) is 9.36 Å². The molecule has 4 aromatic rings. The van der Waals surface area contributed by atoms with Gasteiger partial charge in [0.25, 0.3) is 5.56 Å². The second kappa shape index (κ2) is 8.96. The Kier molecular flexibility index (Phi) is 6.26. The van der Waals surface area contributed by atoms with E-state index in [1.54, 1.807) is 16.7 Å². The normalized spacial score (nSPS) is 12.7. The molecule has 0 amide bonds. The molecule has 1 aliphatic rings. The zero-order valence-corrected chi connectivity index (χ0v) is 19.4. The Bertz CT molecular complexity index is 1340. The summed E-state index contributed by atoms with van der Waals surface area (Å²) in [5.41, 5.74) is 4.10. The van der Waals surface area contributed by atoms with E-state index in [-0.39, 0.29) is 23.7 Å². The third-order valence-corrected chi connectivity index (χ3v) is 6.56. The molecule has 0 radical (unpaired) electrons. The van der Waals surface area contributed by atoms with Crippen molar-refractivity contribution in [1.82, 2.24) is 19.0 Å². The quantitative estimate of drug-likeness (QED) is 0.470. The van der Waals surface area contributed by atoms with Crippen molar-refractivity contribution in [2.24, 2.45) is 0 Å². The number of aromatic nitrogens is 3. The molecule has 1 aliphatic heterocycles. The number of phenols is 1. The monoisotopic (exact) mass is 452 g/mol. The Labute approximate surface area is 193 Å². The van der Waals surface area contributed by atoms with Gasteiger partial charge < -0.3 is 14.6 Å². The van der Waals surface area contributed by atoms with Crippen LogP contribution in [0.1, 0.15) is 25.8 Å². The average Bonchev–Trinajstić information content (AvgIpc) is 3.11. The minimum Gasteiger partial charge on any atom is -0.508 e. The van der Waals surface area contributed by atoms with Crippen LogP contribution in [0, 0.1) is 0 Å². The predicted molar refractivity (Wildman–Crippen MR) is 132 cm³/mol. The molecule has 5 rings (SSSR count). The first-order valence-corrected chi connectivity index (χ1v) is 11.2. The molecule has 3 heterocycles. The number of phenolic OH excluding ortho intramolecular Hbond substituents is 1. The van der Waals surface area contributed by atoms with E-state index in [0.29, 0.717) is 17.4 Å². The molecular weight excluding hydrogens is 424 g/mol. The molecule has 1 N–H and O–H groups in total. The van der Waals surface area contributed by atoms with Gasteiger partial charge in [0.2, 0.25) is 0 Å². The summed E-state index contributed by atoms with van der Waals surface area (Å²) in [4.78, 5) is 20.6. The van der Waals surface area contributed by atoms with Crippen LogP contribution < -0.4 is 5.56 Å². The van der Waals surface area contributed by atoms with Gasteiger partial charge >= 0.3 is 0 Å². The summed E-state index contributed by atoms with van der Waals surface area (Å²) in [5, 5.41) is 11.6. The molecule has 7 heteroatoms. The standard InChI is InChI=1S/C25H28N4O2.ClH/c1-3-27(4-2)13-7-14-28-22-9-6-5-8-18(22)19-12-15-29-24(23(19)28)26-21-11-10-17(30)16-20(21)25(29)31;/h5-6,8-11,16,30H,3-4,7,12-15H2,1-2H3;1H. The molecule has 0 fully saturated rings. The van der Waals surface area contributed by atoms with Crippen LogP contribution >= 0.6 is 12.4 Å². The Morgan fingerprint density at radius 2 is 1.88 bits per heavy atom. The number of hydrogen-bond donors (Lipinski definition) is 1. The van der Waals surface area contributed by atoms with Crippen molar-refractivity contribution in [2.75, 3.05) is 19.6 Å². The first-order valence-electron chi connectivity index (χ1n) is 11.2. The summed E-state index contributed by atoms with van der Waals surface area (Å²) in [7, 11) is 0. The Hall–Kier alpha value is -2.83. The zero-order chi connectivity index (χ0) is 21.5. The maximum absolute atomic E-state index is 13.2. The summed E-state index contributed by atoms with van der Waals surface area (Å²) >= 11 is 0. The maximum Gasteiger partial charge on any atom is 0.261 e. The van der Waals surface area contributed by atoms with Crippen LogP contribution in [0.15, 0.2) is 47.3 Å². The van der Waals surface area contributed by atoms with E-state index in [1.165, 1.54) is 22.5 Å². The first-order chi connectivity index (χ1) is 15.1. The average molecular weight is 453 g/mol. The molecule has 168 valence electrons. The largest absolute Gasteiger partial charge is 0.508 e. The molecule has 6 nitrogen and oxygen atoms in total. The van der Waals surface area contributed by atoms with Crippen molar-refractivity contribution in [3.8, 4) is 17.3 Å². The number of para-hydroxylation sites is 1. The van der Waals surface area contributed by atoms with Gasteiger partial charge in [0.1, 0.15) is 5.75 Å². The van der Waals surface area contributed by atoms with Gasteiger partial charge in [0.15, 0.2) is 5.82 Å². The third kappa shape index (κ3) is 3.57. The van der Waals surface area contributed by atoms with Gasteiger partial charge in [-0.15, -0.1) is 12.4 Å². The highest BCUT2D eigenvalue weighted by Crippen LogP contribution is 2.37. The fraction of sp³-hybridized carbons (Fsp3) is 0.360. The summed E-state index contributed by atoms with van der Waals surface area (Å²) in [5.74, 6) is 0.831. The van der Waals surface area contributed by atoms with Crippen molar-refractivity contribution in [2.45, 2.75) is 39.8 Å². The van der Waals surface area contributed by atoms with Crippen LogP contribution in [0.5, 0.6) is 5.75 Å². The number of rotatable bonds is 6. The number of hydrogen-bond acceptors (Lipinski definition) is 4. The molecule has 2 aromatic carbocycles.